The standard InChI is InChI=1S/C25H19N5O2S/c31-22-15-21(19-13-7-8-14-20(19)22)26-27-23(32)16-33-25-29-28-24(17-9-3-1-4-10-17)30(25)18-11-5-2-6-12-18/h1-15,26H,16H2,(H,27,32). The molecule has 1 aromatic heterocycles. The molecule has 0 atom stereocenters. The summed E-state index contributed by atoms with van der Waals surface area (Å²) in [6, 6.07) is 26.9. The number of nitrogens with zero attached hydrogens (tertiary/aromatic N) is 3. The maximum atomic E-state index is 12.5. The van der Waals surface area contributed by atoms with Crippen LogP contribution >= 0.6 is 11.8 Å². The second-order valence-corrected chi connectivity index (χ2v) is 8.22. The zero-order valence-electron chi connectivity index (χ0n) is 17.4. The number of para-hydroxylation sites is 1. The Balaban J connectivity index is 1.30. The summed E-state index contributed by atoms with van der Waals surface area (Å²) >= 11 is 1.29. The number of carbonyl (C=O) groups is 2. The van der Waals surface area contributed by atoms with Crippen LogP contribution < -0.4 is 10.9 Å². The molecular formula is C25H19N5O2S. The van der Waals surface area contributed by atoms with E-state index >= 15 is 0 Å². The fraction of sp³-hybridized carbons (Fsp3) is 0.0400. The lowest BCUT2D eigenvalue weighted by atomic mass is 10.1. The second-order valence-electron chi connectivity index (χ2n) is 7.27. The first kappa shape index (κ1) is 20.7. The average Bonchev–Trinajstić information content (AvgIpc) is 3.44. The quantitative estimate of drug-likeness (QED) is 0.326. The Bertz CT molecular complexity index is 1350. The highest BCUT2D eigenvalue weighted by molar-refractivity contribution is 7.99. The van der Waals surface area contributed by atoms with E-state index < -0.39 is 0 Å². The molecule has 0 spiro atoms. The van der Waals surface area contributed by atoms with Gasteiger partial charge in [-0.3, -0.25) is 25.0 Å². The van der Waals surface area contributed by atoms with Crippen molar-refractivity contribution in [1.29, 1.82) is 0 Å². The van der Waals surface area contributed by atoms with Crippen LogP contribution in [0.1, 0.15) is 15.9 Å². The average molecular weight is 454 g/mol. The number of thioether (sulfide) groups is 1. The molecule has 8 heteroatoms. The van der Waals surface area contributed by atoms with Crippen molar-refractivity contribution < 1.29 is 9.59 Å². The van der Waals surface area contributed by atoms with Gasteiger partial charge in [0.05, 0.1) is 11.4 Å². The van der Waals surface area contributed by atoms with E-state index in [1.54, 1.807) is 6.07 Å². The highest BCUT2D eigenvalue weighted by Crippen LogP contribution is 2.28. The van der Waals surface area contributed by atoms with E-state index in [1.165, 1.54) is 17.8 Å². The largest absolute Gasteiger partial charge is 0.298 e. The third-order valence-electron chi connectivity index (χ3n) is 5.11. The van der Waals surface area contributed by atoms with Crippen LogP contribution in [0, 0.1) is 0 Å². The maximum absolute atomic E-state index is 12.5. The number of aromatic nitrogens is 3. The molecule has 0 bridgehead atoms. The molecule has 2 N–H and O–H groups in total. The van der Waals surface area contributed by atoms with Gasteiger partial charge >= 0.3 is 0 Å². The van der Waals surface area contributed by atoms with Gasteiger partial charge in [-0.25, -0.2) is 0 Å². The Morgan fingerprint density at radius 1 is 0.848 bits per heavy atom. The van der Waals surface area contributed by atoms with Crippen LogP contribution in [0.25, 0.3) is 22.8 Å². The van der Waals surface area contributed by atoms with Crippen LogP contribution in [0.5, 0.6) is 0 Å². The van der Waals surface area contributed by atoms with Crippen molar-refractivity contribution in [2.24, 2.45) is 0 Å². The molecule has 0 aliphatic heterocycles. The molecule has 0 fully saturated rings. The molecule has 0 radical (unpaired) electrons. The summed E-state index contributed by atoms with van der Waals surface area (Å²) in [5.74, 6) is 0.493. The Labute approximate surface area is 194 Å². The van der Waals surface area contributed by atoms with E-state index in [2.05, 4.69) is 21.0 Å². The van der Waals surface area contributed by atoms with Gasteiger partial charge in [0.1, 0.15) is 0 Å². The molecular weight excluding hydrogens is 434 g/mol. The van der Waals surface area contributed by atoms with Gasteiger partial charge in [0.15, 0.2) is 16.8 Å². The summed E-state index contributed by atoms with van der Waals surface area (Å²) in [4.78, 5) is 24.6. The normalized spacial score (nSPS) is 12.2. The fourth-order valence-corrected chi connectivity index (χ4v) is 4.33. The van der Waals surface area contributed by atoms with E-state index in [1.807, 2.05) is 83.4 Å². The second kappa shape index (κ2) is 9.13. The van der Waals surface area contributed by atoms with Crippen molar-refractivity contribution in [3.8, 4) is 17.1 Å². The smallest absolute Gasteiger partial charge is 0.248 e. The first-order valence-corrected chi connectivity index (χ1v) is 11.3. The molecule has 0 saturated carbocycles. The Morgan fingerprint density at radius 3 is 2.27 bits per heavy atom. The number of nitrogens with one attached hydrogen (secondary N) is 2. The van der Waals surface area contributed by atoms with Gasteiger partial charge in [-0.15, -0.1) is 10.2 Å². The Kier molecular flexibility index (Phi) is 5.73. The van der Waals surface area contributed by atoms with Gasteiger partial charge in [-0.05, 0) is 12.1 Å². The molecule has 5 rings (SSSR count). The van der Waals surface area contributed by atoms with Gasteiger partial charge in [-0.2, -0.15) is 0 Å². The molecule has 3 aromatic carbocycles. The van der Waals surface area contributed by atoms with Crippen molar-refractivity contribution in [2.75, 3.05) is 5.75 Å². The molecule has 1 aliphatic carbocycles. The van der Waals surface area contributed by atoms with E-state index in [9.17, 15) is 9.59 Å². The molecule has 1 amide bonds. The third-order valence-corrected chi connectivity index (χ3v) is 6.04. The Morgan fingerprint density at radius 2 is 1.52 bits per heavy atom. The molecule has 1 heterocycles. The third kappa shape index (κ3) is 4.28. The summed E-state index contributed by atoms with van der Waals surface area (Å²) < 4.78 is 1.94. The molecule has 162 valence electrons. The minimum atomic E-state index is -0.249. The van der Waals surface area contributed by atoms with Gasteiger partial charge in [-0.1, -0.05) is 84.6 Å². The summed E-state index contributed by atoms with van der Waals surface area (Å²) in [5.41, 5.74) is 9.34. The number of rotatable bonds is 7. The van der Waals surface area contributed by atoms with Crippen molar-refractivity contribution in [1.82, 2.24) is 25.6 Å². The lowest BCUT2D eigenvalue weighted by Crippen LogP contribution is -2.37. The van der Waals surface area contributed by atoms with Crippen LogP contribution in [0.2, 0.25) is 0 Å². The number of allylic oxidation sites excluding steroid dienone is 1. The molecule has 0 unspecified atom stereocenters. The maximum Gasteiger partial charge on any atom is 0.248 e. The van der Waals surface area contributed by atoms with Crippen LogP contribution in [0.15, 0.2) is 96.2 Å². The van der Waals surface area contributed by atoms with Gasteiger partial charge in [0, 0.05) is 28.5 Å². The number of hydrazine groups is 1. The van der Waals surface area contributed by atoms with E-state index in [4.69, 9.17) is 0 Å². The van der Waals surface area contributed by atoms with Gasteiger partial charge in [0.2, 0.25) is 5.91 Å². The predicted molar refractivity (Wildman–Crippen MR) is 128 cm³/mol. The first-order valence-electron chi connectivity index (χ1n) is 10.3. The van der Waals surface area contributed by atoms with E-state index in [0.29, 0.717) is 22.2 Å². The minimum absolute atomic E-state index is 0.0823. The number of hydrogen-bond donors (Lipinski definition) is 2. The summed E-state index contributed by atoms with van der Waals surface area (Å²) in [6.07, 6.45) is 1.48. The monoisotopic (exact) mass is 453 g/mol. The zero-order valence-corrected chi connectivity index (χ0v) is 18.3. The Hall–Kier alpha value is -4.17. The van der Waals surface area contributed by atoms with Crippen LogP contribution in [-0.2, 0) is 4.79 Å². The lowest BCUT2D eigenvalue weighted by Gasteiger charge is -2.12. The molecule has 1 aliphatic rings. The molecule has 4 aromatic rings. The van der Waals surface area contributed by atoms with E-state index in [0.717, 1.165) is 16.8 Å². The van der Waals surface area contributed by atoms with Crippen LogP contribution in [0.3, 0.4) is 0 Å². The van der Waals surface area contributed by atoms with Crippen molar-refractivity contribution >= 4 is 29.1 Å². The summed E-state index contributed by atoms with van der Waals surface area (Å²) in [5, 5.41) is 9.33. The van der Waals surface area contributed by atoms with Gasteiger partial charge < -0.3 is 0 Å². The van der Waals surface area contributed by atoms with Crippen LogP contribution in [-0.4, -0.2) is 32.2 Å². The highest BCUT2D eigenvalue weighted by Gasteiger charge is 2.21. The van der Waals surface area contributed by atoms with Gasteiger partial charge in [0.25, 0.3) is 0 Å². The number of amides is 1. The predicted octanol–water partition coefficient (Wildman–Crippen LogP) is 3.88. The summed E-state index contributed by atoms with van der Waals surface area (Å²) in [7, 11) is 0. The first-order chi connectivity index (χ1) is 16.2. The molecule has 0 saturated heterocycles. The van der Waals surface area contributed by atoms with Crippen molar-refractivity contribution in [3.05, 3.63) is 102 Å². The topological polar surface area (TPSA) is 88.9 Å². The minimum Gasteiger partial charge on any atom is -0.298 e. The summed E-state index contributed by atoms with van der Waals surface area (Å²) in [6.45, 7) is 0. The molecule has 33 heavy (non-hydrogen) atoms. The fourth-order valence-electron chi connectivity index (χ4n) is 3.57. The number of fused-ring (bicyclic) bond motifs is 1. The molecule has 7 nitrogen and oxygen atoms in total. The number of hydrogen-bond acceptors (Lipinski definition) is 6. The highest BCUT2D eigenvalue weighted by atomic mass is 32.2. The zero-order chi connectivity index (χ0) is 22.6. The van der Waals surface area contributed by atoms with Crippen LogP contribution in [0.4, 0.5) is 0 Å². The number of benzene rings is 3. The van der Waals surface area contributed by atoms with Crippen molar-refractivity contribution in [3.63, 3.8) is 0 Å². The lowest BCUT2D eigenvalue weighted by molar-refractivity contribution is -0.119. The van der Waals surface area contributed by atoms with E-state index in [-0.39, 0.29) is 17.4 Å². The number of ketones is 1. The van der Waals surface area contributed by atoms with Crippen molar-refractivity contribution in [2.45, 2.75) is 5.16 Å². The SMILES string of the molecule is O=C(CSc1nnc(-c2ccccc2)n1-c1ccccc1)NNC1=CC(=O)c2ccccc21. The number of carbonyl (C=O) groups excluding carboxylic acids is 2.